The predicted octanol–water partition coefficient (Wildman–Crippen LogP) is 3.71. The molecule has 0 fully saturated rings. The standard InChI is InChI=1S/C16H14FN3O/c1-21-10-4-5-12(17)15(9-10)20-14-7-6-13-11(16(14)18)3-2-8-19-13/h2-9,20H,18H2,1H3. The van der Waals surface area contributed by atoms with Crippen molar-refractivity contribution in [2.24, 2.45) is 0 Å². The van der Waals surface area contributed by atoms with E-state index in [0.29, 0.717) is 22.8 Å². The van der Waals surface area contributed by atoms with Crippen molar-refractivity contribution in [1.82, 2.24) is 4.98 Å². The maximum atomic E-state index is 13.9. The van der Waals surface area contributed by atoms with Crippen LogP contribution in [0.3, 0.4) is 0 Å². The molecule has 5 heteroatoms. The quantitative estimate of drug-likeness (QED) is 0.719. The SMILES string of the molecule is COc1ccc(F)c(Nc2ccc3ncccc3c2N)c1. The van der Waals surface area contributed by atoms with Gasteiger partial charge in [0.1, 0.15) is 11.6 Å². The molecule has 3 rings (SSSR count). The van der Waals surface area contributed by atoms with Gasteiger partial charge < -0.3 is 15.8 Å². The second-order valence-corrected chi connectivity index (χ2v) is 4.57. The van der Waals surface area contributed by atoms with E-state index in [1.807, 2.05) is 18.2 Å². The number of benzene rings is 2. The molecule has 0 unspecified atom stereocenters. The van der Waals surface area contributed by atoms with Crippen molar-refractivity contribution in [3.05, 3.63) is 54.5 Å². The minimum Gasteiger partial charge on any atom is -0.497 e. The Morgan fingerprint density at radius 3 is 2.81 bits per heavy atom. The molecule has 21 heavy (non-hydrogen) atoms. The number of aromatic nitrogens is 1. The summed E-state index contributed by atoms with van der Waals surface area (Å²) >= 11 is 0. The molecule has 1 aromatic heterocycles. The molecular formula is C16H14FN3O. The van der Waals surface area contributed by atoms with Gasteiger partial charge in [-0.2, -0.15) is 0 Å². The summed E-state index contributed by atoms with van der Waals surface area (Å²) in [4.78, 5) is 4.23. The van der Waals surface area contributed by atoms with E-state index in [1.54, 1.807) is 24.4 Å². The molecule has 2 aromatic carbocycles. The van der Waals surface area contributed by atoms with Crippen LogP contribution in [0.15, 0.2) is 48.7 Å². The van der Waals surface area contributed by atoms with Crippen molar-refractivity contribution in [3.8, 4) is 5.75 Å². The highest BCUT2D eigenvalue weighted by molar-refractivity contribution is 5.97. The summed E-state index contributed by atoms with van der Waals surface area (Å²) in [6.45, 7) is 0. The summed E-state index contributed by atoms with van der Waals surface area (Å²) < 4.78 is 19.0. The number of hydrogen-bond donors (Lipinski definition) is 2. The lowest BCUT2D eigenvalue weighted by Gasteiger charge is -2.13. The van der Waals surface area contributed by atoms with Crippen LogP contribution in [-0.2, 0) is 0 Å². The lowest BCUT2D eigenvalue weighted by atomic mass is 10.1. The maximum Gasteiger partial charge on any atom is 0.146 e. The highest BCUT2D eigenvalue weighted by atomic mass is 19.1. The number of nitrogens with two attached hydrogens (primary N) is 1. The van der Waals surface area contributed by atoms with Gasteiger partial charge in [-0.25, -0.2) is 4.39 Å². The van der Waals surface area contributed by atoms with Gasteiger partial charge in [0.05, 0.1) is 29.7 Å². The molecule has 0 aliphatic heterocycles. The van der Waals surface area contributed by atoms with Crippen LogP contribution < -0.4 is 15.8 Å². The van der Waals surface area contributed by atoms with Crippen LogP contribution in [0.2, 0.25) is 0 Å². The highest BCUT2D eigenvalue weighted by Gasteiger charge is 2.09. The normalized spacial score (nSPS) is 10.6. The second-order valence-electron chi connectivity index (χ2n) is 4.57. The van der Waals surface area contributed by atoms with E-state index in [9.17, 15) is 4.39 Å². The first kappa shape index (κ1) is 13.2. The minimum absolute atomic E-state index is 0.310. The van der Waals surface area contributed by atoms with Crippen molar-refractivity contribution < 1.29 is 9.13 Å². The van der Waals surface area contributed by atoms with Gasteiger partial charge >= 0.3 is 0 Å². The van der Waals surface area contributed by atoms with Crippen molar-refractivity contribution in [3.63, 3.8) is 0 Å². The second kappa shape index (κ2) is 5.28. The molecule has 0 bridgehead atoms. The number of anilines is 3. The van der Waals surface area contributed by atoms with Crippen LogP contribution in [0.4, 0.5) is 21.5 Å². The molecule has 3 aromatic rings. The number of rotatable bonds is 3. The Morgan fingerprint density at radius 2 is 2.00 bits per heavy atom. The van der Waals surface area contributed by atoms with Crippen molar-refractivity contribution in [2.45, 2.75) is 0 Å². The third kappa shape index (κ3) is 2.45. The topological polar surface area (TPSA) is 60.2 Å². The molecule has 0 radical (unpaired) electrons. The molecular weight excluding hydrogens is 269 g/mol. The Hall–Kier alpha value is -2.82. The number of nitrogens with zero attached hydrogens (tertiary/aromatic N) is 1. The van der Waals surface area contributed by atoms with E-state index in [2.05, 4.69) is 10.3 Å². The van der Waals surface area contributed by atoms with Crippen LogP contribution in [0.1, 0.15) is 0 Å². The van der Waals surface area contributed by atoms with Gasteiger partial charge in [-0.05, 0) is 36.4 Å². The Morgan fingerprint density at radius 1 is 1.14 bits per heavy atom. The molecule has 0 saturated carbocycles. The minimum atomic E-state index is -0.374. The van der Waals surface area contributed by atoms with Crippen LogP contribution in [0.25, 0.3) is 10.9 Å². The number of nitrogen functional groups attached to an aromatic ring is 1. The molecule has 0 aliphatic rings. The zero-order chi connectivity index (χ0) is 14.8. The molecule has 4 nitrogen and oxygen atoms in total. The van der Waals surface area contributed by atoms with E-state index < -0.39 is 0 Å². The summed E-state index contributed by atoms with van der Waals surface area (Å²) in [6.07, 6.45) is 1.70. The number of nitrogens with one attached hydrogen (secondary N) is 1. The molecule has 3 N–H and O–H groups in total. The lowest BCUT2D eigenvalue weighted by molar-refractivity contribution is 0.414. The highest BCUT2D eigenvalue weighted by Crippen LogP contribution is 2.31. The number of pyridine rings is 1. The molecule has 0 aliphatic carbocycles. The van der Waals surface area contributed by atoms with Crippen LogP contribution in [0, 0.1) is 5.82 Å². The Bertz CT molecular complexity index is 805. The first-order chi connectivity index (χ1) is 10.2. The van der Waals surface area contributed by atoms with Gasteiger partial charge in [-0.3, -0.25) is 4.98 Å². The molecule has 0 amide bonds. The number of fused-ring (bicyclic) bond motifs is 1. The fourth-order valence-corrected chi connectivity index (χ4v) is 2.16. The van der Waals surface area contributed by atoms with Gasteiger partial charge in [0.15, 0.2) is 0 Å². The van der Waals surface area contributed by atoms with Gasteiger partial charge in [-0.15, -0.1) is 0 Å². The number of ether oxygens (including phenoxy) is 1. The van der Waals surface area contributed by atoms with E-state index in [1.165, 1.54) is 13.2 Å². The monoisotopic (exact) mass is 283 g/mol. The average molecular weight is 283 g/mol. The number of methoxy groups -OCH3 is 1. The summed E-state index contributed by atoms with van der Waals surface area (Å²) in [5.41, 5.74) is 8.40. The Balaban J connectivity index is 2.04. The largest absolute Gasteiger partial charge is 0.497 e. The lowest BCUT2D eigenvalue weighted by Crippen LogP contribution is -2.00. The van der Waals surface area contributed by atoms with Crippen molar-refractivity contribution >= 4 is 28.0 Å². The van der Waals surface area contributed by atoms with Crippen LogP contribution >= 0.6 is 0 Å². The van der Waals surface area contributed by atoms with Gasteiger partial charge in [0.25, 0.3) is 0 Å². The van der Waals surface area contributed by atoms with E-state index in [-0.39, 0.29) is 5.82 Å². The van der Waals surface area contributed by atoms with E-state index in [0.717, 1.165) is 10.9 Å². The van der Waals surface area contributed by atoms with Gasteiger partial charge in [0.2, 0.25) is 0 Å². The fraction of sp³-hybridized carbons (Fsp3) is 0.0625. The predicted molar refractivity (Wildman–Crippen MR) is 82.4 cm³/mol. The van der Waals surface area contributed by atoms with Gasteiger partial charge in [-0.1, -0.05) is 0 Å². The number of halogens is 1. The molecule has 1 heterocycles. The fourth-order valence-electron chi connectivity index (χ4n) is 2.16. The van der Waals surface area contributed by atoms with Crippen molar-refractivity contribution in [2.75, 3.05) is 18.2 Å². The zero-order valence-corrected chi connectivity index (χ0v) is 11.4. The first-order valence-corrected chi connectivity index (χ1v) is 6.43. The number of hydrogen-bond acceptors (Lipinski definition) is 4. The molecule has 0 spiro atoms. The zero-order valence-electron chi connectivity index (χ0n) is 11.4. The summed E-state index contributed by atoms with van der Waals surface area (Å²) in [5.74, 6) is 0.196. The van der Waals surface area contributed by atoms with Crippen LogP contribution in [-0.4, -0.2) is 12.1 Å². The summed E-state index contributed by atoms with van der Waals surface area (Å²) in [7, 11) is 1.53. The third-order valence-electron chi connectivity index (χ3n) is 3.27. The first-order valence-electron chi connectivity index (χ1n) is 6.43. The molecule has 0 saturated heterocycles. The Kier molecular flexibility index (Phi) is 3.31. The van der Waals surface area contributed by atoms with E-state index >= 15 is 0 Å². The van der Waals surface area contributed by atoms with Crippen LogP contribution in [0.5, 0.6) is 5.75 Å². The van der Waals surface area contributed by atoms with Crippen molar-refractivity contribution in [1.29, 1.82) is 0 Å². The Labute approximate surface area is 121 Å². The van der Waals surface area contributed by atoms with Gasteiger partial charge in [0, 0.05) is 17.6 Å². The summed E-state index contributed by atoms with van der Waals surface area (Å²) in [6, 6.07) is 11.8. The maximum absolute atomic E-state index is 13.9. The average Bonchev–Trinajstić information content (AvgIpc) is 2.52. The smallest absolute Gasteiger partial charge is 0.146 e. The molecule has 106 valence electrons. The summed E-state index contributed by atoms with van der Waals surface area (Å²) in [5, 5.41) is 3.82. The third-order valence-corrected chi connectivity index (χ3v) is 3.27. The molecule has 0 atom stereocenters. The van der Waals surface area contributed by atoms with E-state index in [4.69, 9.17) is 10.5 Å².